The molecule has 0 fully saturated rings. The molecule has 0 atom stereocenters. The number of benzene rings is 4. The normalized spacial score (nSPS) is 17.8. The van der Waals surface area contributed by atoms with E-state index in [9.17, 15) is 0 Å². The van der Waals surface area contributed by atoms with Gasteiger partial charge in [0.15, 0.2) is 0 Å². The van der Waals surface area contributed by atoms with Crippen LogP contribution in [0.25, 0.3) is 33.4 Å². The molecule has 4 heterocycles. The minimum atomic E-state index is -0.526. The highest BCUT2D eigenvalue weighted by Crippen LogP contribution is 2.57. The minimum Gasteiger partial charge on any atom is -0.269 e. The SMILES string of the molecule is CC1(C)CSC(c2ccc(-c3ccc4c(c3)C(c3ccccc3)(c3ccccc3)c3cc(-c5ccc(C6=NC(C)(C)CS6)nc5)ccc3-4)cn2)=N1. The molecule has 6 aromatic rings. The number of aliphatic imine (C=N–C) groups is 2. The third-order valence-corrected chi connectivity index (χ3v) is 13.0. The van der Waals surface area contributed by atoms with Crippen molar-refractivity contribution in [2.75, 3.05) is 11.5 Å². The lowest BCUT2D eigenvalue weighted by Crippen LogP contribution is -2.28. The Morgan fingerprint density at radius 1 is 0.471 bits per heavy atom. The summed E-state index contributed by atoms with van der Waals surface area (Å²) in [5.74, 6) is 1.96. The summed E-state index contributed by atoms with van der Waals surface area (Å²) < 4.78 is 0. The molecule has 0 radical (unpaired) electrons. The maximum Gasteiger partial charge on any atom is 0.117 e. The molecule has 0 bridgehead atoms. The fourth-order valence-electron chi connectivity index (χ4n) is 7.66. The van der Waals surface area contributed by atoms with Crippen molar-refractivity contribution in [2.45, 2.75) is 44.2 Å². The molecular weight excluding hydrogens is 661 g/mol. The Labute approximate surface area is 308 Å². The maximum absolute atomic E-state index is 4.91. The number of hydrogen-bond acceptors (Lipinski definition) is 6. The van der Waals surface area contributed by atoms with E-state index in [2.05, 4.69) is 149 Å². The molecule has 0 amide bonds. The third-order valence-electron chi connectivity index (χ3n) is 10.1. The summed E-state index contributed by atoms with van der Waals surface area (Å²) in [5.41, 5.74) is 13.3. The first-order valence-corrected chi connectivity index (χ1v) is 19.5. The van der Waals surface area contributed by atoms with E-state index in [4.69, 9.17) is 20.0 Å². The van der Waals surface area contributed by atoms with Crippen LogP contribution in [0.1, 0.15) is 61.3 Å². The van der Waals surface area contributed by atoms with Crippen molar-refractivity contribution < 1.29 is 0 Å². The van der Waals surface area contributed by atoms with E-state index in [1.165, 1.54) is 33.4 Å². The monoisotopic (exact) mass is 698 g/mol. The first-order chi connectivity index (χ1) is 24.7. The van der Waals surface area contributed by atoms with Crippen LogP contribution in [-0.4, -0.2) is 42.6 Å². The van der Waals surface area contributed by atoms with Crippen LogP contribution in [0, 0.1) is 0 Å². The molecule has 0 spiro atoms. The molecule has 2 aliphatic heterocycles. The number of hydrogen-bond donors (Lipinski definition) is 0. The van der Waals surface area contributed by atoms with Crippen molar-refractivity contribution in [2.24, 2.45) is 9.98 Å². The van der Waals surface area contributed by atoms with Gasteiger partial charge in [-0.1, -0.05) is 97.1 Å². The Kier molecular flexibility index (Phi) is 7.68. The number of fused-ring (bicyclic) bond motifs is 3. The van der Waals surface area contributed by atoms with Crippen LogP contribution in [0.4, 0.5) is 0 Å². The lowest BCUT2D eigenvalue weighted by atomic mass is 9.67. The molecule has 4 nitrogen and oxygen atoms in total. The highest BCUT2D eigenvalue weighted by atomic mass is 32.2. The Morgan fingerprint density at radius 3 is 1.24 bits per heavy atom. The summed E-state index contributed by atoms with van der Waals surface area (Å²) in [5, 5.41) is 2.05. The fraction of sp³-hybridized carbons (Fsp3) is 0.200. The lowest BCUT2D eigenvalue weighted by molar-refractivity contribution is 0.604. The number of thioether (sulfide) groups is 2. The number of rotatable bonds is 6. The van der Waals surface area contributed by atoms with E-state index in [1.807, 2.05) is 12.4 Å². The van der Waals surface area contributed by atoms with Crippen LogP contribution >= 0.6 is 23.5 Å². The van der Waals surface area contributed by atoms with Gasteiger partial charge in [-0.05, 0) is 96.5 Å². The van der Waals surface area contributed by atoms with E-state index in [1.54, 1.807) is 23.5 Å². The Hall–Kier alpha value is -4.78. The topological polar surface area (TPSA) is 50.5 Å². The Morgan fingerprint density at radius 2 is 0.882 bits per heavy atom. The molecule has 6 heteroatoms. The minimum absolute atomic E-state index is 0.0469. The highest BCUT2D eigenvalue weighted by Gasteiger charge is 2.46. The summed E-state index contributed by atoms with van der Waals surface area (Å²) in [7, 11) is 0. The van der Waals surface area contributed by atoms with Gasteiger partial charge in [0, 0.05) is 35.0 Å². The zero-order valence-electron chi connectivity index (χ0n) is 29.2. The van der Waals surface area contributed by atoms with E-state index in [0.29, 0.717) is 0 Å². The maximum atomic E-state index is 4.91. The van der Waals surface area contributed by atoms with E-state index < -0.39 is 5.41 Å². The zero-order chi connectivity index (χ0) is 34.8. The molecule has 0 saturated heterocycles. The largest absolute Gasteiger partial charge is 0.269 e. The Balaban J connectivity index is 1.19. The van der Waals surface area contributed by atoms with Crippen LogP contribution in [0.2, 0.25) is 0 Å². The van der Waals surface area contributed by atoms with Crippen LogP contribution in [-0.2, 0) is 5.41 Å². The van der Waals surface area contributed by atoms with E-state index in [0.717, 1.165) is 55.2 Å². The van der Waals surface area contributed by atoms with Gasteiger partial charge in [0.25, 0.3) is 0 Å². The molecule has 250 valence electrons. The van der Waals surface area contributed by atoms with Gasteiger partial charge in [-0.3, -0.25) is 20.0 Å². The van der Waals surface area contributed by atoms with Gasteiger partial charge in [0.05, 0.1) is 27.9 Å². The van der Waals surface area contributed by atoms with Crippen molar-refractivity contribution in [3.63, 3.8) is 0 Å². The molecule has 1 aliphatic carbocycles. The molecular formula is C45H38N4S2. The second kappa shape index (κ2) is 12.2. The Bertz CT molecular complexity index is 2170. The summed E-state index contributed by atoms with van der Waals surface area (Å²) >= 11 is 3.58. The van der Waals surface area contributed by atoms with Gasteiger partial charge in [0.1, 0.15) is 10.1 Å². The smallest absolute Gasteiger partial charge is 0.117 e. The van der Waals surface area contributed by atoms with Gasteiger partial charge >= 0.3 is 0 Å². The summed E-state index contributed by atoms with van der Waals surface area (Å²) in [6, 6.07) is 44.5. The molecule has 0 saturated carbocycles. The van der Waals surface area contributed by atoms with Gasteiger partial charge in [0.2, 0.25) is 0 Å². The van der Waals surface area contributed by atoms with Crippen LogP contribution in [0.3, 0.4) is 0 Å². The second-order valence-electron chi connectivity index (χ2n) is 14.9. The first-order valence-electron chi connectivity index (χ1n) is 17.5. The van der Waals surface area contributed by atoms with E-state index >= 15 is 0 Å². The molecule has 0 unspecified atom stereocenters. The number of aromatic nitrogens is 2. The molecule has 9 rings (SSSR count). The van der Waals surface area contributed by atoms with Gasteiger partial charge < -0.3 is 0 Å². The third kappa shape index (κ3) is 5.56. The quantitative estimate of drug-likeness (QED) is 0.173. The predicted octanol–water partition coefficient (Wildman–Crippen LogP) is 10.7. The molecule has 3 aliphatic rings. The average molecular weight is 699 g/mol. The zero-order valence-corrected chi connectivity index (χ0v) is 30.9. The summed E-state index contributed by atoms with van der Waals surface area (Å²) in [6.45, 7) is 8.71. The van der Waals surface area contributed by atoms with Crippen molar-refractivity contribution in [1.82, 2.24) is 9.97 Å². The second-order valence-corrected chi connectivity index (χ2v) is 16.8. The van der Waals surface area contributed by atoms with Crippen molar-refractivity contribution in [3.05, 3.63) is 167 Å². The number of nitrogens with zero attached hydrogens (tertiary/aromatic N) is 4. The van der Waals surface area contributed by atoms with Gasteiger partial charge in [-0.2, -0.15) is 0 Å². The lowest BCUT2D eigenvalue weighted by Gasteiger charge is -2.34. The molecule has 51 heavy (non-hydrogen) atoms. The van der Waals surface area contributed by atoms with Crippen LogP contribution in [0.15, 0.2) is 144 Å². The molecule has 0 N–H and O–H groups in total. The average Bonchev–Trinajstić information content (AvgIpc) is 3.82. The van der Waals surface area contributed by atoms with E-state index in [-0.39, 0.29) is 11.1 Å². The first kappa shape index (κ1) is 32.1. The standard InChI is InChI=1S/C45H38N4S2/c1-43(2)27-50-41(48-43)39-21-17-31(25-46-39)29-15-19-35-36-20-16-30(32-18-22-40(47-26-32)42-49-44(3,4)28-51-42)24-38(36)45(37(35)23-29,33-11-7-5-8-12-33)34-13-9-6-10-14-34/h5-26H,27-28H2,1-4H3. The summed E-state index contributed by atoms with van der Waals surface area (Å²) in [4.78, 5) is 19.6. The highest BCUT2D eigenvalue weighted by molar-refractivity contribution is 8.15. The van der Waals surface area contributed by atoms with Crippen molar-refractivity contribution in [3.8, 4) is 33.4 Å². The molecule has 2 aromatic heterocycles. The number of pyridine rings is 2. The molecule has 4 aromatic carbocycles. The van der Waals surface area contributed by atoms with Crippen molar-refractivity contribution in [1.29, 1.82) is 0 Å². The van der Waals surface area contributed by atoms with Crippen LogP contribution in [0.5, 0.6) is 0 Å². The predicted molar refractivity (Wildman–Crippen MR) is 216 cm³/mol. The van der Waals surface area contributed by atoms with Crippen LogP contribution < -0.4 is 0 Å². The van der Waals surface area contributed by atoms with Gasteiger partial charge in [-0.25, -0.2) is 0 Å². The summed E-state index contributed by atoms with van der Waals surface area (Å²) in [6.07, 6.45) is 4.01. The van der Waals surface area contributed by atoms with Gasteiger partial charge in [-0.15, -0.1) is 23.5 Å². The fourth-order valence-corrected chi connectivity index (χ4v) is 9.93. The van der Waals surface area contributed by atoms with Crippen molar-refractivity contribution >= 4 is 33.6 Å².